The van der Waals surface area contributed by atoms with Crippen LogP contribution in [0.5, 0.6) is 0 Å². The Labute approximate surface area is 159 Å². The molecular weight excluding hydrogens is 343 g/mol. The minimum atomic E-state index is -0.230. The van der Waals surface area contributed by atoms with E-state index in [4.69, 9.17) is 5.10 Å². The second kappa shape index (κ2) is 7.43. The summed E-state index contributed by atoms with van der Waals surface area (Å²) in [6, 6.07) is 6.54. The average molecular weight is 370 g/mol. The van der Waals surface area contributed by atoms with Gasteiger partial charge in [-0.25, -0.2) is 4.39 Å². The SMILES string of the molecule is Cc1nn(Cc2ccc(F)cc2)c2c1CCN(C(=O)CC1CCN(C)C1)C2. The van der Waals surface area contributed by atoms with E-state index in [0.717, 1.165) is 49.4 Å². The summed E-state index contributed by atoms with van der Waals surface area (Å²) in [6.07, 6.45) is 2.62. The molecule has 1 atom stereocenters. The monoisotopic (exact) mass is 370 g/mol. The molecule has 2 aliphatic heterocycles. The fourth-order valence-electron chi connectivity index (χ4n) is 4.35. The quantitative estimate of drug-likeness (QED) is 0.831. The predicted octanol–water partition coefficient (Wildman–Crippen LogP) is 2.61. The van der Waals surface area contributed by atoms with Gasteiger partial charge in [0.15, 0.2) is 0 Å². The van der Waals surface area contributed by atoms with E-state index in [-0.39, 0.29) is 11.7 Å². The number of nitrogens with zero attached hydrogens (tertiary/aromatic N) is 4. The van der Waals surface area contributed by atoms with Gasteiger partial charge in [0, 0.05) is 19.5 Å². The minimum Gasteiger partial charge on any atom is -0.336 e. The van der Waals surface area contributed by atoms with Crippen molar-refractivity contribution in [1.82, 2.24) is 19.6 Å². The molecule has 2 aliphatic rings. The van der Waals surface area contributed by atoms with Crippen LogP contribution in [0.15, 0.2) is 24.3 Å². The van der Waals surface area contributed by atoms with E-state index in [1.54, 1.807) is 12.1 Å². The molecule has 6 heteroatoms. The number of aromatic nitrogens is 2. The molecule has 0 aliphatic carbocycles. The van der Waals surface area contributed by atoms with Crippen LogP contribution in [0.4, 0.5) is 4.39 Å². The highest BCUT2D eigenvalue weighted by Gasteiger charge is 2.29. The Hall–Kier alpha value is -2.21. The van der Waals surface area contributed by atoms with E-state index < -0.39 is 0 Å². The Kier molecular flexibility index (Phi) is 5.00. The van der Waals surface area contributed by atoms with Crippen molar-refractivity contribution in [2.24, 2.45) is 5.92 Å². The Bertz CT molecular complexity index is 829. The number of carbonyl (C=O) groups is 1. The van der Waals surface area contributed by atoms with Crippen LogP contribution >= 0.6 is 0 Å². The molecule has 144 valence electrons. The molecule has 1 unspecified atom stereocenters. The summed E-state index contributed by atoms with van der Waals surface area (Å²) in [5.74, 6) is 0.509. The summed E-state index contributed by atoms with van der Waals surface area (Å²) >= 11 is 0. The largest absolute Gasteiger partial charge is 0.336 e. The summed E-state index contributed by atoms with van der Waals surface area (Å²) in [5, 5.41) is 4.70. The number of fused-ring (bicyclic) bond motifs is 1. The van der Waals surface area contributed by atoms with Gasteiger partial charge in [-0.3, -0.25) is 9.48 Å². The zero-order chi connectivity index (χ0) is 19.0. The highest BCUT2D eigenvalue weighted by Crippen LogP contribution is 2.25. The number of rotatable bonds is 4. The normalized spacial score (nSPS) is 20.1. The van der Waals surface area contributed by atoms with Gasteiger partial charge in [0.1, 0.15) is 5.82 Å². The first-order valence-electron chi connectivity index (χ1n) is 9.75. The molecule has 1 fully saturated rings. The van der Waals surface area contributed by atoms with E-state index in [1.807, 2.05) is 16.5 Å². The third-order valence-corrected chi connectivity index (χ3v) is 5.89. The molecule has 0 N–H and O–H groups in total. The lowest BCUT2D eigenvalue weighted by Gasteiger charge is -2.29. The molecule has 3 heterocycles. The maximum absolute atomic E-state index is 13.2. The van der Waals surface area contributed by atoms with Crippen LogP contribution in [-0.4, -0.2) is 52.2 Å². The number of amides is 1. The van der Waals surface area contributed by atoms with E-state index in [0.29, 0.717) is 25.4 Å². The fourth-order valence-corrected chi connectivity index (χ4v) is 4.35. The maximum atomic E-state index is 13.2. The highest BCUT2D eigenvalue weighted by atomic mass is 19.1. The van der Waals surface area contributed by atoms with Crippen LogP contribution in [0, 0.1) is 18.7 Å². The minimum absolute atomic E-state index is 0.230. The van der Waals surface area contributed by atoms with Crippen molar-refractivity contribution in [2.45, 2.75) is 39.3 Å². The van der Waals surface area contributed by atoms with Crippen molar-refractivity contribution in [3.63, 3.8) is 0 Å². The van der Waals surface area contributed by atoms with E-state index in [1.165, 1.54) is 17.7 Å². The number of hydrogen-bond donors (Lipinski definition) is 0. The Morgan fingerprint density at radius 2 is 2.04 bits per heavy atom. The van der Waals surface area contributed by atoms with Gasteiger partial charge in [0.25, 0.3) is 0 Å². The van der Waals surface area contributed by atoms with Gasteiger partial charge in [0.2, 0.25) is 5.91 Å². The lowest BCUT2D eigenvalue weighted by molar-refractivity contribution is -0.133. The van der Waals surface area contributed by atoms with Gasteiger partial charge in [-0.05, 0) is 62.5 Å². The van der Waals surface area contributed by atoms with E-state index >= 15 is 0 Å². The Morgan fingerprint density at radius 3 is 2.74 bits per heavy atom. The molecule has 27 heavy (non-hydrogen) atoms. The first-order chi connectivity index (χ1) is 13.0. The number of likely N-dealkylation sites (tertiary alicyclic amines) is 1. The summed E-state index contributed by atoms with van der Waals surface area (Å²) in [7, 11) is 2.12. The second-order valence-corrected chi connectivity index (χ2v) is 7.98. The molecule has 5 nitrogen and oxygen atoms in total. The van der Waals surface area contributed by atoms with Gasteiger partial charge in [-0.2, -0.15) is 5.10 Å². The summed E-state index contributed by atoms with van der Waals surface area (Å²) in [6.45, 7) is 6.14. The standard InChI is InChI=1S/C21H27FN4O/c1-15-19-8-10-25(21(27)11-17-7-9-24(2)12-17)14-20(19)26(23-15)13-16-3-5-18(22)6-4-16/h3-6,17H,7-14H2,1-2H3. The Morgan fingerprint density at radius 1 is 1.26 bits per heavy atom. The summed E-state index contributed by atoms with van der Waals surface area (Å²) < 4.78 is 15.2. The first kappa shape index (κ1) is 18.2. The molecule has 0 spiro atoms. The molecular formula is C21H27FN4O. The summed E-state index contributed by atoms with van der Waals surface area (Å²) in [5.41, 5.74) is 4.44. The van der Waals surface area contributed by atoms with Crippen LogP contribution in [0.2, 0.25) is 0 Å². The molecule has 1 amide bonds. The predicted molar refractivity (Wildman–Crippen MR) is 102 cm³/mol. The number of benzene rings is 1. The molecule has 2 aromatic rings. The molecule has 1 saturated heterocycles. The average Bonchev–Trinajstić information content (AvgIpc) is 3.20. The first-order valence-corrected chi connectivity index (χ1v) is 9.75. The van der Waals surface area contributed by atoms with Gasteiger partial charge in [0.05, 0.1) is 24.5 Å². The number of hydrogen-bond acceptors (Lipinski definition) is 3. The Balaban J connectivity index is 1.47. The zero-order valence-electron chi connectivity index (χ0n) is 16.1. The fraction of sp³-hybridized carbons (Fsp3) is 0.524. The van der Waals surface area contributed by atoms with Gasteiger partial charge in [-0.1, -0.05) is 12.1 Å². The number of aryl methyl sites for hydroxylation is 1. The van der Waals surface area contributed by atoms with Crippen molar-refractivity contribution in [1.29, 1.82) is 0 Å². The third-order valence-electron chi connectivity index (χ3n) is 5.89. The molecule has 0 bridgehead atoms. The maximum Gasteiger partial charge on any atom is 0.223 e. The lowest BCUT2D eigenvalue weighted by Crippen LogP contribution is -2.37. The van der Waals surface area contributed by atoms with Gasteiger partial charge < -0.3 is 9.80 Å². The van der Waals surface area contributed by atoms with Crippen molar-refractivity contribution < 1.29 is 9.18 Å². The van der Waals surface area contributed by atoms with Crippen molar-refractivity contribution in [3.8, 4) is 0 Å². The van der Waals surface area contributed by atoms with E-state index in [9.17, 15) is 9.18 Å². The molecule has 1 aromatic heterocycles. The van der Waals surface area contributed by atoms with Crippen molar-refractivity contribution in [3.05, 3.63) is 52.6 Å². The molecule has 1 aromatic carbocycles. The van der Waals surface area contributed by atoms with Crippen LogP contribution in [0.1, 0.15) is 35.4 Å². The third kappa shape index (κ3) is 3.90. The van der Waals surface area contributed by atoms with Crippen LogP contribution in [0.3, 0.4) is 0 Å². The molecule has 4 rings (SSSR count). The summed E-state index contributed by atoms with van der Waals surface area (Å²) in [4.78, 5) is 17.1. The highest BCUT2D eigenvalue weighted by molar-refractivity contribution is 5.76. The van der Waals surface area contributed by atoms with Crippen LogP contribution < -0.4 is 0 Å². The molecule has 0 radical (unpaired) electrons. The van der Waals surface area contributed by atoms with Crippen molar-refractivity contribution in [2.75, 3.05) is 26.7 Å². The van der Waals surface area contributed by atoms with Crippen molar-refractivity contribution >= 4 is 5.91 Å². The number of halogens is 1. The van der Waals surface area contributed by atoms with Gasteiger partial charge >= 0.3 is 0 Å². The second-order valence-electron chi connectivity index (χ2n) is 7.98. The van der Waals surface area contributed by atoms with Crippen LogP contribution in [0.25, 0.3) is 0 Å². The smallest absolute Gasteiger partial charge is 0.223 e. The number of carbonyl (C=O) groups excluding carboxylic acids is 1. The lowest BCUT2D eigenvalue weighted by atomic mass is 10.0. The topological polar surface area (TPSA) is 41.4 Å². The van der Waals surface area contributed by atoms with Crippen LogP contribution in [-0.2, 0) is 24.3 Å². The van der Waals surface area contributed by atoms with Gasteiger partial charge in [-0.15, -0.1) is 0 Å². The molecule has 0 saturated carbocycles. The zero-order valence-corrected chi connectivity index (χ0v) is 16.1. The van der Waals surface area contributed by atoms with E-state index in [2.05, 4.69) is 11.9 Å².